The second-order valence-corrected chi connectivity index (χ2v) is 4.93. The first-order valence-electron chi connectivity index (χ1n) is 6.74. The van der Waals surface area contributed by atoms with Crippen LogP contribution in [0.15, 0.2) is 12.7 Å². The molecule has 9 nitrogen and oxygen atoms in total. The lowest BCUT2D eigenvalue weighted by Gasteiger charge is -2.35. The summed E-state index contributed by atoms with van der Waals surface area (Å²) in [6.45, 7) is 3.15. The number of fused-ring (bicyclic) bond motifs is 1. The SMILES string of the molecule is C=CCN1C(=O)[C@@H]2CN(C(=O)COCC(=O)[O-])CCN2C1=O. The molecule has 2 saturated heterocycles. The Kier molecular flexibility index (Phi) is 4.76. The Bertz CT molecular complexity index is 520. The predicted octanol–water partition coefficient (Wildman–Crippen LogP) is -2.59. The molecule has 2 heterocycles. The molecule has 0 bridgehead atoms. The lowest BCUT2D eigenvalue weighted by Crippen LogP contribution is -2.55. The smallest absolute Gasteiger partial charge is 0.327 e. The standard InChI is InChI=1S/C13H17N3O6/c1-2-3-16-12(20)9-6-14(4-5-15(9)13(16)21)10(17)7-22-8-11(18)19/h2,9H,1,3-8H2,(H,18,19)/p-1/t9-/m0/s1. The van der Waals surface area contributed by atoms with Gasteiger partial charge in [0.15, 0.2) is 0 Å². The zero-order chi connectivity index (χ0) is 16.3. The van der Waals surface area contributed by atoms with E-state index in [2.05, 4.69) is 11.3 Å². The van der Waals surface area contributed by atoms with Gasteiger partial charge in [-0.1, -0.05) is 6.08 Å². The molecule has 0 radical (unpaired) electrons. The molecule has 2 rings (SSSR count). The summed E-state index contributed by atoms with van der Waals surface area (Å²) in [4.78, 5) is 50.3. The normalized spacial score (nSPS) is 21.1. The van der Waals surface area contributed by atoms with Gasteiger partial charge in [-0.25, -0.2) is 4.79 Å². The van der Waals surface area contributed by atoms with Gasteiger partial charge in [0.25, 0.3) is 5.91 Å². The molecule has 0 spiro atoms. The summed E-state index contributed by atoms with van der Waals surface area (Å²) < 4.78 is 4.69. The van der Waals surface area contributed by atoms with Crippen LogP contribution in [0.5, 0.6) is 0 Å². The molecule has 2 fully saturated rings. The van der Waals surface area contributed by atoms with Crippen molar-refractivity contribution in [3.8, 4) is 0 Å². The van der Waals surface area contributed by atoms with E-state index in [9.17, 15) is 24.3 Å². The number of aliphatic carboxylic acids is 1. The van der Waals surface area contributed by atoms with E-state index in [1.807, 2.05) is 0 Å². The van der Waals surface area contributed by atoms with Gasteiger partial charge in [0, 0.05) is 19.6 Å². The molecule has 0 unspecified atom stereocenters. The monoisotopic (exact) mass is 310 g/mol. The second-order valence-electron chi connectivity index (χ2n) is 4.93. The van der Waals surface area contributed by atoms with Crippen LogP contribution in [0, 0.1) is 0 Å². The average Bonchev–Trinajstić information content (AvgIpc) is 2.72. The summed E-state index contributed by atoms with van der Waals surface area (Å²) in [6.07, 6.45) is 1.46. The lowest BCUT2D eigenvalue weighted by molar-refractivity contribution is -0.309. The Balaban J connectivity index is 1.94. The number of imide groups is 1. The van der Waals surface area contributed by atoms with E-state index in [1.165, 1.54) is 15.9 Å². The molecule has 0 aromatic carbocycles. The fourth-order valence-corrected chi connectivity index (χ4v) is 2.49. The first-order chi connectivity index (χ1) is 10.5. The number of carbonyl (C=O) groups excluding carboxylic acids is 4. The summed E-state index contributed by atoms with van der Waals surface area (Å²) in [5.41, 5.74) is 0. The molecular weight excluding hydrogens is 294 g/mol. The number of piperazine rings is 1. The van der Waals surface area contributed by atoms with Crippen LogP contribution >= 0.6 is 0 Å². The maximum atomic E-state index is 12.2. The van der Waals surface area contributed by atoms with Crippen molar-refractivity contribution in [1.82, 2.24) is 14.7 Å². The summed E-state index contributed by atoms with van der Waals surface area (Å²) in [7, 11) is 0. The van der Waals surface area contributed by atoms with Crippen molar-refractivity contribution in [2.45, 2.75) is 6.04 Å². The molecule has 0 saturated carbocycles. The number of ether oxygens (including phenoxy) is 1. The van der Waals surface area contributed by atoms with Gasteiger partial charge in [0.1, 0.15) is 12.6 Å². The molecule has 120 valence electrons. The van der Waals surface area contributed by atoms with E-state index in [4.69, 9.17) is 0 Å². The number of nitrogens with zero attached hydrogens (tertiary/aromatic N) is 3. The summed E-state index contributed by atoms with van der Waals surface area (Å²) in [6, 6.07) is -1.08. The van der Waals surface area contributed by atoms with Crippen molar-refractivity contribution in [2.75, 3.05) is 39.4 Å². The van der Waals surface area contributed by atoms with E-state index >= 15 is 0 Å². The van der Waals surface area contributed by atoms with Crippen molar-refractivity contribution in [3.63, 3.8) is 0 Å². The molecule has 0 aromatic rings. The third-order valence-electron chi connectivity index (χ3n) is 3.52. The largest absolute Gasteiger partial charge is 0.548 e. The molecule has 0 aromatic heterocycles. The summed E-state index contributed by atoms with van der Waals surface area (Å²) in [5, 5.41) is 10.2. The van der Waals surface area contributed by atoms with Gasteiger partial charge in [0.05, 0.1) is 19.1 Å². The number of carboxylic acids is 1. The highest BCUT2D eigenvalue weighted by molar-refractivity contribution is 6.05. The maximum Gasteiger partial charge on any atom is 0.327 e. The summed E-state index contributed by atoms with van der Waals surface area (Å²) in [5.74, 6) is -2.20. The van der Waals surface area contributed by atoms with Crippen LogP contribution in [0.2, 0.25) is 0 Å². The van der Waals surface area contributed by atoms with E-state index in [1.54, 1.807) is 0 Å². The van der Waals surface area contributed by atoms with Crippen molar-refractivity contribution in [2.24, 2.45) is 0 Å². The first kappa shape index (κ1) is 16.0. The zero-order valence-electron chi connectivity index (χ0n) is 11.9. The molecule has 4 amide bonds. The second kappa shape index (κ2) is 6.56. The highest BCUT2D eigenvalue weighted by Crippen LogP contribution is 2.22. The van der Waals surface area contributed by atoms with E-state index in [0.717, 1.165) is 4.90 Å². The Hall–Kier alpha value is -2.42. The number of urea groups is 1. The fraction of sp³-hybridized carbons (Fsp3) is 0.538. The molecule has 0 N–H and O–H groups in total. The average molecular weight is 310 g/mol. The molecular formula is C13H16N3O6-. The summed E-state index contributed by atoms with van der Waals surface area (Å²) >= 11 is 0. The zero-order valence-corrected chi connectivity index (χ0v) is 11.9. The first-order valence-corrected chi connectivity index (χ1v) is 6.74. The number of rotatable bonds is 6. The van der Waals surface area contributed by atoms with Crippen LogP contribution in [-0.4, -0.2) is 83.9 Å². The molecule has 2 aliphatic rings. The van der Waals surface area contributed by atoms with Crippen LogP contribution in [0.1, 0.15) is 0 Å². The van der Waals surface area contributed by atoms with Crippen molar-refractivity contribution in [1.29, 1.82) is 0 Å². The molecule has 0 aliphatic carbocycles. The van der Waals surface area contributed by atoms with Crippen molar-refractivity contribution < 1.29 is 29.0 Å². The number of amides is 4. The van der Waals surface area contributed by atoms with E-state index < -0.39 is 31.1 Å². The number of carbonyl (C=O) groups is 4. The maximum absolute atomic E-state index is 12.2. The number of carboxylic acid groups (broad SMARTS) is 1. The Labute approximate surface area is 126 Å². The predicted molar refractivity (Wildman–Crippen MR) is 70.2 cm³/mol. The molecule has 2 aliphatic heterocycles. The molecule has 22 heavy (non-hydrogen) atoms. The van der Waals surface area contributed by atoms with Crippen molar-refractivity contribution in [3.05, 3.63) is 12.7 Å². The minimum Gasteiger partial charge on any atom is -0.548 e. The van der Waals surface area contributed by atoms with Gasteiger partial charge < -0.3 is 24.4 Å². The van der Waals surface area contributed by atoms with Crippen LogP contribution in [0.4, 0.5) is 4.79 Å². The van der Waals surface area contributed by atoms with Crippen LogP contribution < -0.4 is 5.11 Å². The molecule has 9 heteroatoms. The highest BCUT2D eigenvalue weighted by Gasteiger charge is 2.47. The van der Waals surface area contributed by atoms with E-state index in [-0.39, 0.29) is 38.1 Å². The topological polar surface area (TPSA) is 110 Å². The number of hydrogen-bond donors (Lipinski definition) is 0. The Morgan fingerprint density at radius 3 is 2.68 bits per heavy atom. The van der Waals surface area contributed by atoms with Gasteiger partial charge in [-0.2, -0.15) is 0 Å². The third kappa shape index (κ3) is 3.08. The minimum atomic E-state index is -1.41. The Morgan fingerprint density at radius 1 is 1.32 bits per heavy atom. The van der Waals surface area contributed by atoms with Crippen LogP contribution in [0.3, 0.4) is 0 Å². The molecule has 1 atom stereocenters. The van der Waals surface area contributed by atoms with Crippen LogP contribution in [0.25, 0.3) is 0 Å². The quantitative estimate of drug-likeness (QED) is 0.393. The highest BCUT2D eigenvalue weighted by atomic mass is 16.5. The van der Waals surface area contributed by atoms with Crippen LogP contribution in [-0.2, 0) is 19.1 Å². The van der Waals surface area contributed by atoms with Gasteiger partial charge in [0.2, 0.25) is 5.91 Å². The fourth-order valence-electron chi connectivity index (χ4n) is 2.49. The number of hydrogen-bond acceptors (Lipinski definition) is 6. The lowest BCUT2D eigenvalue weighted by atomic mass is 10.2. The van der Waals surface area contributed by atoms with E-state index in [0.29, 0.717) is 0 Å². The van der Waals surface area contributed by atoms with Gasteiger partial charge in [-0.3, -0.25) is 14.5 Å². The van der Waals surface area contributed by atoms with Gasteiger partial charge in [-0.05, 0) is 0 Å². The minimum absolute atomic E-state index is 0.0751. The van der Waals surface area contributed by atoms with Gasteiger partial charge >= 0.3 is 6.03 Å². The third-order valence-corrected chi connectivity index (χ3v) is 3.52. The Morgan fingerprint density at radius 2 is 2.05 bits per heavy atom. The van der Waals surface area contributed by atoms with Gasteiger partial charge in [-0.15, -0.1) is 6.58 Å². The van der Waals surface area contributed by atoms with Crippen molar-refractivity contribution >= 4 is 23.8 Å².